The van der Waals surface area contributed by atoms with Gasteiger partial charge in [0.1, 0.15) is 0 Å². The van der Waals surface area contributed by atoms with Crippen molar-refractivity contribution in [3.05, 3.63) is 23.3 Å². The molecule has 3 heteroatoms. The molecule has 2 heterocycles. The number of aromatic nitrogens is 2. The molecule has 1 aliphatic carbocycles. The summed E-state index contributed by atoms with van der Waals surface area (Å²) in [5.74, 6) is 0.754. The first-order valence-corrected chi connectivity index (χ1v) is 4.96. The summed E-state index contributed by atoms with van der Waals surface area (Å²) >= 11 is 1.79. The third-order valence-corrected chi connectivity index (χ3v) is 3.28. The molecule has 0 spiro atoms. The lowest BCUT2D eigenvalue weighted by Gasteiger charge is -1.81. The van der Waals surface area contributed by atoms with Crippen molar-refractivity contribution in [2.75, 3.05) is 0 Å². The van der Waals surface area contributed by atoms with Gasteiger partial charge in [-0.2, -0.15) is 0 Å². The lowest BCUT2D eigenvalue weighted by atomic mass is 10.4. The predicted octanol–water partition coefficient (Wildman–Crippen LogP) is 2.57. The minimum absolute atomic E-state index is 0.754. The van der Waals surface area contributed by atoms with E-state index in [0.29, 0.717) is 0 Å². The molecule has 0 atom stereocenters. The van der Waals surface area contributed by atoms with Crippen molar-refractivity contribution in [3.63, 3.8) is 0 Å². The summed E-state index contributed by atoms with van der Waals surface area (Å²) in [6.07, 6.45) is 4.44. The molecule has 1 fully saturated rings. The highest BCUT2D eigenvalue weighted by atomic mass is 32.1. The fourth-order valence-electron chi connectivity index (χ4n) is 1.29. The van der Waals surface area contributed by atoms with Gasteiger partial charge in [0, 0.05) is 12.1 Å². The molecule has 12 heavy (non-hydrogen) atoms. The molecule has 1 aliphatic rings. The van der Waals surface area contributed by atoms with E-state index < -0.39 is 0 Å². The maximum absolute atomic E-state index is 4.48. The summed E-state index contributed by atoms with van der Waals surface area (Å²) in [7, 11) is 0. The van der Waals surface area contributed by atoms with Crippen LogP contribution < -0.4 is 0 Å². The molecule has 0 radical (unpaired) electrons. The molecule has 0 N–H and O–H groups in total. The van der Waals surface area contributed by atoms with Gasteiger partial charge in [-0.25, -0.2) is 9.97 Å². The van der Waals surface area contributed by atoms with Gasteiger partial charge in [-0.3, -0.25) is 0 Å². The third-order valence-electron chi connectivity index (χ3n) is 2.11. The maximum Gasteiger partial charge on any atom is 0.170 e. The molecule has 0 aliphatic heterocycles. The van der Waals surface area contributed by atoms with Crippen LogP contribution in [0.4, 0.5) is 0 Å². The number of pyridine rings is 1. The first-order valence-electron chi connectivity index (χ1n) is 4.15. The Morgan fingerprint density at radius 3 is 3.08 bits per heavy atom. The summed E-state index contributed by atoms with van der Waals surface area (Å²) in [5.41, 5.74) is 0.921. The van der Waals surface area contributed by atoms with Gasteiger partial charge in [0.15, 0.2) is 5.65 Å². The van der Waals surface area contributed by atoms with Crippen LogP contribution in [0.25, 0.3) is 10.3 Å². The predicted molar refractivity (Wildman–Crippen MR) is 49.4 cm³/mol. The van der Waals surface area contributed by atoms with E-state index in [-0.39, 0.29) is 0 Å². The molecule has 0 unspecified atom stereocenters. The fourth-order valence-corrected chi connectivity index (χ4v) is 2.39. The third kappa shape index (κ3) is 0.932. The van der Waals surface area contributed by atoms with Gasteiger partial charge in [0.2, 0.25) is 0 Å². The van der Waals surface area contributed by atoms with Crippen molar-refractivity contribution < 1.29 is 0 Å². The van der Waals surface area contributed by atoms with Crippen molar-refractivity contribution in [2.45, 2.75) is 18.8 Å². The largest absolute Gasteiger partial charge is 0.236 e. The van der Waals surface area contributed by atoms with Crippen molar-refractivity contribution in [2.24, 2.45) is 0 Å². The van der Waals surface area contributed by atoms with Gasteiger partial charge >= 0.3 is 0 Å². The Balaban J connectivity index is 2.23. The van der Waals surface area contributed by atoms with E-state index in [2.05, 4.69) is 16.0 Å². The first-order chi connectivity index (χ1) is 5.93. The Morgan fingerprint density at radius 1 is 1.42 bits per heavy atom. The second kappa shape index (κ2) is 2.26. The molecular weight excluding hydrogens is 168 g/mol. The van der Waals surface area contributed by atoms with Gasteiger partial charge in [0.05, 0.1) is 9.71 Å². The Bertz CT molecular complexity index is 384. The van der Waals surface area contributed by atoms with E-state index >= 15 is 0 Å². The maximum atomic E-state index is 4.48. The molecular formula is C9H8N2S. The normalized spacial score (nSPS) is 17.0. The summed E-state index contributed by atoms with van der Waals surface area (Å²) in [6.45, 7) is 0. The van der Waals surface area contributed by atoms with E-state index in [0.717, 1.165) is 11.6 Å². The standard InChI is InChI=1S/C9H8N2S/c1-2-7-8(10-5-1)11-9(12-7)6-3-4-6/h1-2,5-6H,3-4H2. The van der Waals surface area contributed by atoms with Crippen molar-refractivity contribution in [1.82, 2.24) is 9.97 Å². The van der Waals surface area contributed by atoms with Gasteiger partial charge in [-0.1, -0.05) is 0 Å². The summed E-state index contributed by atoms with van der Waals surface area (Å²) in [4.78, 5) is 8.69. The van der Waals surface area contributed by atoms with E-state index in [9.17, 15) is 0 Å². The number of hydrogen-bond donors (Lipinski definition) is 0. The van der Waals surface area contributed by atoms with Crippen LogP contribution in [0, 0.1) is 0 Å². The topological polar surface area (TPSA) is 25.8 Å². The number of rotatable bonds is 1. The minimum Gasteiger partial charge on any atom is -0.236 e. The zero-order valence-corrected chi connectivity index (χ0v) is 7.34. The number of thiazole rings is 1. The Morgan fingerprint density at radius 2 is 2.33 bits per heavy atom. The van der Waals surface area contributed by atoms with Crippen LogP contribution in [-0.4, -0.2) is 9.97 Å². The summed E-state index contributed by atoms with van der Waals surface area (Å²) in [6, 6.07) is 4.06. The van der Waals surface area contributed by atoms with Crippen LogP contribution in [-0.2, 0) is 0 Å². The lowest BCUT2D eigenvalue weighted by Crippen LogP contribution is -1.76. The second-order valence-electron chi connectivity index (χ2n) is 3.15. The smallest absolute Gasteiger partial charge is 0.170 e. The van der Waals surface area contributed by atoms with Crippen molar-refractivity contribution >= 4 is 21.7 Å². The molecule has 0 bridgehead atoms. The quantitative estimate of drug-likeness (QED) is 0.667. The van der Waals surface area contributed by atoms with E-state index in [1.165, 1.54) is 22.5 Å². The Labute approximate surface area is 74.3 Å². The van der Waals surface area contributed by atoms with Crippen molar-refractivity contribution in [3.8, 4) is 0 Å². The van der Waals surface area contributed by atoms with Crippen LogP contribution in [0.5, 0.6) is 0 Å². The zero-order valence-electron chi connectivity index (χ0n) is 6.53. The number of nitrogens with zero attached hydrogens (tertiary/aromatic N) is 2. The molecule has 0 amide bonds. The van der Waals surface area contributed by atoms with Crippen molar-refractivity contribution in [1.29, 1.82) is 0 Å². The highest BCUT2D eigenvalue weighted by Crippen LogP contribution is 2.42. The Hall–Kier alpha value is -0.960. The molecule has 0 saturated heterocycles. The van der Waals surface area contributed by atoms with E-state index in [1.807, 2.05) is 6.07 Å². The SMILES string of the molecule is c1cnc2nc(C3CC3)sc2c1. The van der Waals surface area contributed by atoms with Crippen LogP contribution in [0.1, 0.15) is 23.8 Å². The molecule has 2 nitrogen and oxygen atoms in total. The van der Waals surface area contributed by atoms with Gasteiger partial charge in [0.25, 0.3) is 0 Å². The highest BCUT2D eigenvalue weighted by molar-refractivity contribution is 7.18. The first kappa shape index (κ1) is 6.54. The number of hydrogen-bond acceptors (Lipinski definition) is 3. The van der Waals surface area contributed by atoms with Gasteiger partial charge in [-0.05, 0) is 25.0 Å². The Kier molecular flexibility index (Phi) is 1.23. The van der Waals surface area contributed by atoms with Crippen LogP contribution >= 0.6 is 11.3 Å². The highest BCUT2D eigenvalue weighted by Gasteiger charge is 2.26. The van der Waals surface area contributed by atoms with E-state index in [1.54, 1.807) is 17.5 Å². The minimum atomic E-state index is 0.754. The number of fused-ring (bicyclic) bond motifs is 1. The van der Waals surface area contributed by atoms with Crippen LogP contribution in [0.15, 0.2) is 18.3 Å². The average molecular weight is 176 g/mol. The lowest BCUT2D eigenvalue weighted by molar-refractivity contribution is 1.09. The van der Waals surface area contributed by atoms with E-state index in [4.69, 9.17) is 0 Å². The molecule has 3 rings (SSSR count). The van der Waals surface area contributed by atoms with Gasteiger partial charge < -0.3 is 0 Å². The average Bonchev–Trinajstić information content (AvgIpc) is 2.85. The van der Waals surface area contributed by atoms with Crippen LogP contribution in [0.3, 0.4) is 0 Å². The molecule has 0 aromatic carbocycles. The molecule has 1 saturated carbocycles. The summed E-state index contributed by atoms with van der Waals surface area (Å²) < 4.78 is 1.22. The molecule has 60 valence electrons. The zero-order chi connectivity index (χ0) is 7.97. The molecule has 2 aromatic heterocycles. The van der Waals surface area contributed by atoms with Gasteiger partial charge in [-0.15, -0.1) is 11.3 Å². The molecule has 2 aromatic rings. The fraction of sp³-hybridized carbons (Fsp3) is 0.333. The summed E-state index contributed by atoms with van der Waals surface area (Å²) in [5, 5.41) is 1.28. The second-order valence-corrected chi connectivity index (χ2v) is 4.21. The monoisotopic (exact) mass is 176 g/mol. The van der Waals surface area contributed by atoms with Crippen LogP contribution in [0.2, 0.25) is 0 Å².